The van der Waals surface area contributed by atoms with Gasteiger partial charge >= 0.3 is 7.12 Å². The molecule has 0 amide bonds. The summed E-state index contributed by atoms with van der Waals surface area (Å²) >= 11 is 6.04. The molecular formula is C14H20BClN2O3. The van der Waals surface area contributed by atoms with Crippen molar-refractivity contribution in [1.29, 1.82) is 0 Å². The number of nitrogens with two attached hydrogens (primary N) is 1. The third-order valence-electron chi connectivity index (χ3n) is 3.97. The monoisotopic (exact) mass is 310 g/mol. The Morgan fingerprint density at radius 1 is 1.38 bits per heavy atom. The zero-order valence-electron chi connectivity index (χ0n) is 12.7. The van der Waals surface area contributed by atoms with Crippen molar-refractivity contribution in [2.75, 3.05) is 12.3 Å². The Hall–Kier alpha value is -1.08. The van der Waals surface area contributed by atoms with E-state index >= 15 is 0 Å². The summed E-state index contributed by atoms with van der Waals surface area (Å²) in [5.74, 6) is 0. The summed E-state index contributed by atoms with van der Waals surface area (Å²) in [6.45, 7) is 7.62. The van der Waals surface area contributed by atoms with Crippen LogP contribution in [0, 0.1) is 0 Å². The Morgan fingerprint density at radius 3 is 2.48 bits per heavy atom. The first kappa shape index (κ1) is 16.3. The van der Waals surface area contributed by atoms with Crippen LogP contribution in [0.3, 0.4) is 0 Å². The second-order valence-corrected chi connectivity index (χ2v) is 6.47. The predicted molar refractivity (Wildman–Crippen MR) is 84.8 cm³/mol. The van der Waals surface area contributed by atoms with Gasteiger partial charge in [0.15, 0.2) is 0 Å². The van der Waals surface area contributed by atoms with Gasteiger partial charge in [0, 0.05) is 5.56 Å². The molecule has 1 aliphatic heterocycles. The third-order valence-corrected chi connectivity index (χ3v) is 4.28. The van der Waals surface area contributed by atoms with E-state index < -0.39 is 18.3 Å². The van der Waals surface area contributed by atoms with E-state index in [0.29, 0.717) is 21.9 Å². The highest BCUT2D eigenvalue weighted by atomic mass is 35.5. The van der Waals surface area contributed by atoms with Gasteiger partial charge in [0.1, 0.15) is 5.15 Å². The first-order valence-corrected chi connectivity index (χ1v) is 7.12. The normalized spacial score (nSPS) is 20.9. The zero-order valence-corrected chi connectivity index (χ0v) is 13.4. The minimum Gasteiger partial charge on any atom is -0.400 e. The van der Waals surface area contributed by atoms with Gasteiger partial charge in [0.2, 0.25) is 0 Å². The van der Waals surface area contributed by atoms with E-state index in [4.69, 9.17) is 26.6 Å². The minimum absolute atomic E-state index is 0.206. The molecular weight excluding hydrogens is 290 g/mol. The Labute approximate surface area is 130 Å². The third kappa shape index (κ3) is 3.24. The second-order valence-electron chi connectivity index (χ2n) is 6.11. The lowest BCUT2D eigenvalue weighted by Gasteiger charge is -2.32. The Bertz CT molecular complexity index is 559. The number of hydrogen-bond donors (Lipinski definition) is 2. The molecule has 3 N–H and O–H groups in total. The Morgan fingerprint density at radius 2 is 1.95 bits per heavy atom. The standard InChI is InChI=1S/C14H20BClN2O3/c1-13(2)14(3,4)21-15(20-13)10(8-19)5-9-6-11(17)7-18-12(9)16/h5-7,19H,8,17H2,1-4H3. The van der Waals surface area contributed by atoms with E-state index in [1.165, 1.54) is 6.20 Å². The van der Waals surface area contributed by atoms with Gasteiger partial charge < -0.3 is 20.1 Å². The highest BCUT2D eigenvalue weighted by molar-refractivity contribution is 6.56. The van der Waals surface area contributed by atoms with E-state index in [2.05, 4.69) is 4.98 Å². The molecule has 0 atom stereocenters. The SMILES string of the molecule is CC1(C)OB(C(=Cc2cc(N)cnc2Cl)CO)OC1(C)C. The largest absolute Gasteiger partial charge is 0.492 e. The van der Waals surface area contributed by atoms with Gasteiger partial charge in [-0.3, -0.25) is 0 Å². The molecule has 5 nitrogen and oxygen atoms in total. The van der Waals surface area contributed by atoms with Crippen LogP contribution in [0.25, 0.3) is 6.08 Å². The fourth-order valence-corrected chi connectivity index (χ4v) is 2.12. The van der Waals surface area contributed by atoms with Crippen LogP contribution in [0.5, 0.6) is 0 Å². The molecule has 1 fully saturated rings. The number of nitrogen functional groups attached to an aromatic ring is 1. The molecule has 114 valence electrons. The number of anilines is 1. The number of rotatable bonds is 3. The lowest BCUT2D eigenvalue weighted by molar-refractivity contribution is 0.00578. The van der Waals surface area contributed by atoms with Crippen LogP contribution in [0.4, 0.5) is 5.69 Å². The highest BCUT2D eigenvalue weighted by Crippen LogP contribution is 2.38. The number of pyridine rings is 1. The van der Waals surface area contributed by atoms with E-state index in [-0.39, 0.29) is 6.61 Å². The fraction of sp³-hybridized carbons (Fsp3) is 0.500. The van der Waals surface area contributed by atoms with E-state index in [9.17, 15) is 5.11 Å². The minimum atomic E-state index is -0.627. The number of hydrogen-bond acceptors (Lipinski definition) is 5. The smallest absolute Gasteiger partial charge is 0.400 e. The van der Waals surface area contributed by atoms with Gasteiger partial charge in [-0.2, -0.15) is 0 Å². The molecule has 0 saturated carbocycles. The van der Waals surface area contributed by atoms with Crippen molar-refractivity contribution < 1.29 is 14.4 Å². The van der Waals surface area contributed by atoms with Gasteiger partial charge in [-0.15, -0.1) is 0 Å². The molecule has 2 heterocycles. The average Bonchev–Trinajstić information content (AvgIpc) is 2.59. The van der Waals surface area contributed by atoms with Crippen molar-refractivity contribution in [3.05, 3.63) is 28.5 Å². The molecule has 2 rings (SSSR count). The number of aromatic nitrogens is 1. The molecule has 0 radical (unpaired) electrons. The lowest BCUT2D eigenvalue weighted by Crippen LogP contribution is -2.41. The van der Waals surface area contributed by atoms with Crippen molar-refractivity contribution in [3.8, 4) is 0 Å². The van der Waals surface area contributed by atoms with Crippen LogP contribution in [-0.2, 0) is 9.31 Å². The number of halogens is 1. The van der Waals surface area contributed by atoms with Crippen LogP contribution in [0.15, 0.2) is 17.7 Å². The first-order chi connectivity index (χ1) is 9.66. The highest BCUT2D eigenvalue weighted by Gasteiger charge is 2.52. The topological polar surface area (TPSA) is 77.6 Å². The molecule has 0 spiro atoms. The van der Waals surface area contributed by atoms with Gasteiger partial charge in [-0.25, -0.2) is 4.98 Å². The fourth-order valence-electron chi connectivity index (χ4n) is 1.97. The number of nitrogens with zero attached hydrogens (tertiary/aromatic N) is 1. The lowest BCUT2D eigenvalue weighted by atomic mass is 9.77. The maximum absolute atomic E-state index is 9.63. The summed E-state index contributed by atoms with van der Waals surface area (Å²) in [5.41, 5.74) is 6.46. The van der Waals surface area contributed by atoms with E-state index in [1.54, 1.807) is 12.1 Å². The van der Waals surface area contributed by atoms with Crippen LogP contribution < -0.4 is 5.73 Å². The second kappa shape index (κ2) is 5.61. The maximum Gasteiger partial charge on any atom is 0.492 e. The van der Waals surface area contributed by atoms with Crippen LogP contribution in [0.1, 0.15) is 33.3 Å². The first-order valence-electron chi connectivity index (χ1n) is 6.74. The van der Waals surface area contributed by atoms with E-state index in [0.717, 1.165) is 0 Å². The molecule has 1 aliphatic rings. The van der Waals surface area contributed by atoms with Gasteiger partial charge in [0.25, 0.3) is 0 Å². The van der Waals surface area contributed by atoms with Gasteiger partial charge in [0.05, 0.1) is 29.7 Å². The summed E-state index contributed by atoms with van der Waals surface area (Å²) in [6.07, 6.45) is 3.18. The van der Waals surface area contributed by atoms with Crippen LogP contribution in [0.2, 0.25) is 5.15 Å². The maximum atomic E-state index is 9.63. The van der Waals surface area contributed by atoms with Gasteiger partial charge in [-0.05, 0) is 39.2 Å². The predicted octanol–water partition coefficient (Wildman–Crippen LogP) is 2.32. The molecule has 1 saturated heterocycles. The molecule has 1 aromatic rings. The Kier molecular flexibility index (Phi) is 4.35. The molecule has 0 bridgehead atoms. The van der Waals surface area contributed by atoms with E-state index in [1.807, 2.05) is 27.7 Å². The van der Waals surface area contributed by atoms with Crippen LogP contribution in [-0.4, -0.2) is 35.0 Å². The average molecular weight is 311 g/mol. The molecule has 7 heteroatoms. The van der Waals surface area contributed by atoms with Crippen molar-refractivity contribution in [1.82, 2.24) is 4.98 Å². The van der Waals surface area contributed by atoms with Crippen molar-refractivity contribution in [2.24, 2.45) is 0 Å². The Balaban J connectivity index is 2.33. The van der Waals surface area contributed by atoms with Crippen molar-refractivity contribution >= 4 is 30.5 Å². The quantitative estimate of drug-likeness (QED) is 0.662. The molecule has 0 unspecified atom stereocenters. The van der Waals surface area contributed by atoms with Crippen molar-refractivity contribution in [2.45, 2.75) is 38.9 Å². The summed E-state index contributed by atoms with van der Waals surface area (Å²) < 4.78 is 11.8. The molecule has 21 heavy (non-hydrogen) atoms. The zero-order chi connectivity index (χ0) is 15.8. The summed E-state index contributed by atoms with van der Waals surface area (Å²) in [4.78, 5) is 3.98. The number of aliphatic hydroxyl groups excluding tert-OH is 1. The summed E-state index contributed by atoms with van der Waals surface area (Å²) in [7, 11) is -0.627. The van der Waals surface area contributed by atoms with Crippen LogP contribution >= 0.6 is 11.6 Å². The van der Waals surface area contributed by atoms with Crippen molar-refractivity contribution in [3.63, 3.8) is 0 Å². The molecule has 1 aromatic heterocycles. The van der Waals surface area contributed by atoms with Gasteiger partial charge in [-0.1, -0.05) is 17.7 Å². The summed E-state index contributed by atoms with van der Waals surface area (Å²) in [5, 5.41) is 9.94. The number of aliphatic hydroxyl groups is 1. The summed E-state index contributed by atoms with van der Waals surface area (Å²) in [6, 6.07) is 1.69. The molecule has 0 aliphatic carbocycles. The molecule has 0 aromatic carbocycles.